The van der Waals surface area contributed by atoms with Crippen molar-refractivity contribution in [1.82, 2.24) is 10.3 Å². The summed E-state index contributed by atoms with van der Waals surface area (Å²) in [5, 5.41) is 13.5. The minimum Gasteiger partial charge on any atom is -0.478 e. The summed E-state index contributed by atoms with van der Waals surface area (Å²) in [5.41, 5.74) is 6.75. The number of aromatic carboxylic acids is 1. The number of carbonyl (C=O) groups excluding carboxylic acids is 1. The zero-order valence-electron chi connectivity index (χ0n) is 23.2. The van der Waals surface area contributed by atoms with Gasteiger partial charge >= 0.3 is 5.97 Å². The first-order valence-corrected chi connectivity index (χ1v) is 13.6. The lowest BCUT2D eigenvalue weighted by molar-refractivity contribution is 0.0697. The predicted octanol–water partition coefficient (Wildman–Crippen LogP) is 4.22. The molecule has 2 bridgehead atoms. The van der Waals surface area contributed by atoms with Crippen LogP contribution in [0.25, 0.3) is 21.5 Å². The first-order chi connectivity index (χ1) is 20.2. The Morgan fingerprint density at radius 2 is 1.38 bits per heavy atom. The fourth-order valence-corrected chi connectivity index (χ4v) is 5.24. The van der Waals surface area contributed by atoms with Crippen molar-refractivity contribution in [2.24, 2.45) is 10.7 Å². The molecule has 212 valence electrons. The van der Waals surface area contributed by atoms with Crippen molar-refractivity contribution in [3.63, 3.8) is 0 Å². The third kappa shape index (κ3) is 5.36. The van der Waals surface area contributed by atoms with E-state index < -0.39 is 23.0 Å². The van der Waals surface area contributed by atoms with E-state index in [0.717, 1.165) is 11.1 Å². The number of amidine groups is 1. The number of nitrogens with one attached hydrogen (secondary N) is 2. The summed E-state index contributed by atoms with van der Waals surface area (Å²) in [6, 6.07) is 23.4. The molecule has 42 heavy (non-hydrogen) atoms. The molecule has 0 aliphatic heterocycles. The summed E-state index contributed by atoms with van der Waals surface area (Å²) in [5.74, 6) is -2.10. The van der Waals surface area contributed by atoms with E-state index >= 15 is 0 Å². The molecule has 0 saturated carbocycles. The summed E-state index contributed by atoms with van der Waals surface area (Å²) < 4.78 is 0. The third-order valence-corrected chi connectivity index (χ3v) is 7.57. The van der Waals surface area contributed by atoms with Crippen LogP contribution in [-0.2, 0) is 0 Å². The van der Waals surface area contributed by atoms with Crippen molar-refractivity contribution in [3.05, 3.63) is 127 Å². The zero-order chi connectivity index (χ0) is 30.0. The van der Waals surface area contributed by atoms with Crippen molar-refractivity contribution < 1.29 is 14.7 Å². The van der Waals surface area contributed by atoms with Gasteiger partial charge in [0.1, 0.15) is 5.84 Å². The number of carboxylic acids is 1. The van der Waals surface area contributed by atoms with Crippen molar-refractivity contribution in [2.75, 3.05) is 13.1 Å². The van der Waals surface area contributed by atoms with Gasteiger partial charge in [-0.15, -0.1) is 0 Å². The van der Waals surface area contributed by atoms with Crippen LogP contribution in [0, 0.1) is 0 Å². The summed E-state index contributed by atoms with van der Waals surface area (Å²) >= 11 is 0. The molecule has 0 saturated heterocycles. The Morgan fingerprint density at radius 3 is 1.95 bits per heavy atom. The maximum Gasteiger partial charge on any atom is 0.336 e. The molecule has 4 aromatic carbocycles. The molecule has 2 aromatic heterocycles. The second-order valence-corrected chi connectivity index (χ2v) is 10.4. The van der Waals surface area contributed by atoms with E-state index in [1.165, 1.54) is 18.2 Å². The van der Waals surface area contributed by atoms with Crippen LogP contribution in [0.2, 0.25) is 0 Å². The van der Waals surface area contributed by atoms with Crippen LogP contribution in [0.15, 0.2) is 93.4 Å². The van der Waals surface area contributed by atoms with Crippen molar-refractivity contribution in [2.45, 2.75) is 25.7 Å². The number of aromatic amines is 1. The van der Waals surface area contributed by atoms with Gasteiger partial charge in [0.2, 0.25) is 0 Å². The van der Waals surface area contributed by atoms with Gasteiger partial charge in [-0.1, -0.05) is 74.5 Å². The Hall–Kier alpha value is -5.31. The Kier molecular flexibility index (Phi) is 7.84. The van der Waals surface area contributed by atoms with Crippen molar-refractivity contribution in [3.8, 4) is 0 Å². The molecule has 2 unspecified atom stereocenters. The number of rotatable bonds is 9. The Morgan fingerprint density at radius 1 is 0.833 bits per heavy atom. The molecule has 0 radical (unpaired) electrons. The molecule has 2 heterocycles. The van der Waals surface area contributed by atoms with Crippen LogP contribution in [-0.4, -0.2) is 40.9 Å². The lowest BCUT2D eigenvalue weighted by Crippen LogP contribution is -2.29. The van der Waals surface area contributed by atoms with Gasteiger partial charge in [-0.2, -0.15) is 0 Å². The van der Waals surface area contributed by atoms with Gasteiger partial charge in [-0.05, 0) is 35.2 Å². The number of hydrogen-bond acceptors (Lipinski definition) is 5. The number of fused-ring (bicyclic) bond motifs is 3. The van der Waals surface area contributed by atoms with Crippen LogP contribution in [0.3, 0.4) is 0 Å². The Bertz CT molecular complexity index is 1930. The highest BCUT2D eigenvalue weighted by molar-refractivity contribution is 6.27. The van der Waals surface area contributed by atoms with Gasteiger partial charge < -0.3 is 16.2 Å². The average Bonchev–Trinajstić information content (AvgIpc) is 3.21. The fraction of sp³-hybridized carbons (Fsp3) is 0.182. The van der Waals surface area contributed by atoms with Gasteiger partial charge in [0, 0.05) is 51.7 Å². The summed E-state index contributed by atoms with van der Waals surface area (Å²) in [4.78, 5) is 59.1. The summed E-state index contributed by atoms with van der Waals surface area (Å²) in [6.45, 7) is 4.43. The largest absolute Gasteiger partial charge is 0.478 e. The van der Waals surface area contributed by atoms with Gasteiger partial charge in [0.25, 0.3) is 17.0 Å². The number of H-pyrrole nitrogens is 1. The van der Waals surface area contributed by atoms with E-state index in [9.17, 15) is 24.3 Å². The minimum atomic E-state index is -1.35. The number of benzene rings is 4. The molecule has 0 fully saturated rings. The number of nitrogens with zero attached hydrogens (tertiary/aromatic N) is 1. The van der Waals surface area contributed by atoms with Gasteiger partial charge in [0.15, 0.2) is 0 Å². The van der Waals surface area contributed by atoms with E-state index in [-0.39, 0.29) is 69.0 Å². The van der Waals surface area contributed by atoms with E-state index in [4.69, 9.17) is 5.73 Å². The van der Waals surface area contributed by atoms with E-state index in [0.29, 0.717) is 0 Å². The number of amides is 1. The second-order valence-electron chi connectivity index (χ2n) is 10.4. The summed E-state index contributed by atoms with van der Waals surface area (Å²) in [7, 11) is 0. The van der Waals surface area contributed by atoms with Crippen LogP contribution in [0.4, 0.5) is 0 Å². The number of carboxylic acid groups (broad SMARTS) is 1. The normalized spacial score (nSPS) is 13.2. The zero-order valence-corrected chi connectivity index (χ0v) is 23.2. The highest BCUT2D eigenvalue weighted by atomic mass is 16.4. The van der Waals surface area contributed by atoms with Crippen LogP contribution >= 0.6 is 0 Å². The molecule has 0 aliphatic carbocycles. The van der Waals surface area contributed by atoms with Crippen molar-refractivity contribution >= 4 is 39.3 Å². The van der Waals surface area contributed by atoms with Gasteiger partial charge in [0.05, 0.1) is 5.56 Å². The number of hydrogen-bond donors (Lipinski definition) is 4. The van der Waals surface area contributed by atoms with Crippen LogP contribution in [0.1, 0.15) is 63.1 Å². The molecule has 9 nitrogen and oxygen atoms in total. The molecule has 0 aliphatic rings. The smallest absolute Gasteiger partial charge is 0.336 e. The van der Waals surface area contributed by atoms with Crippen LogP contribution < -0.4 is 22.2 Å². The average molecular weight is 563 g/mol. The van der Waals surface area contributed by atoms with Crippen LogP contribution in [0.5, 0.6) is 0 Å². The molecule has 0 spiro atoms. The molecular weight excluding hydrogens is 532 g/mol. The fourth-order valence-electron chi connectivity index (χ4n) is 5.24. The first kappa shape index (κ1) is 28.2. The van der Waals surface area contributed by atoms with E-state index in [1.54, 1.807) is 0 Å². The van der Waals surface area contributed by atoms with E-state index in [1.807, 2.05) is 74.5 Å². The molecule has 2 atom stereocenters. The molecule has 6 rings (SSSR count). The Balaban J connectivity index is 1.67. The number of aromatic nitrogens is 1. The highest BCUT2D eigenvalue weighted by Gasteiger charge is 2.26. The van der Waals surface area contributed by atoms with E-state index in [2.05, 4.69) is 15.3 Å². The lowest BCUT2D eigenvalue weighted by atomic mass is 9.90. The summed E-state index contributed by atoms with van der Waals surface area (Å²) in [6.07, 6.45) is 0. The topological polar surface area (TPSA) is 155 Å². The maximum absolute atomic E-state index is 13.6. The predicted molar refractivity (Wildman–Crippen MR) is 164 cm³/mol. The molecular formula is C33H30N4O5. The minimum absolute atomic E-state index is 0.00587. The third-order valence-electron chi connectivity index (χ3n) is 7.57. The molecule has 5 N–H and O–H groups in total. The Labute approximate surface area is 241 Å². The molecule has 6 aromatic rings. The number of aliphatic imine (C=N–C) groups is 1. The lowest BCUT2D eigenvalue weighted by Gasteiger charge is -2.17. The second kappa shape index (κ2) is 11.7. The molecule has 1 amide bonds. The number of nitrogens with two attached hydrogens (primary N) is 1. The SMILES string of the molecule is CC(CN=C(N)c1c(C(=O)O)cc(C(=O)NCC(C)c2ccccc2)c2c3ccc(c(=O)[nH]c3=O)c12)c1ccccc1. The maximum atomic E-state index is 13.6. The van der Waals surface area contributed by atoms with Gasteiger partial charge in [-0.3, -0.25) is 24.4 Å². The van der Waals surface area contributed by atoms with Crippen molar-refractivity contribution in [1.29, 1.82) is 0 Å². The highest BCUT2D eigenvalue weighted by Crippen LogP contribution is 2.32. The monoisotopic (exact) mass is 562 g/mol. The first-order valence-electron chi connectivity index (χ1n) is 13.6. The quantitative estimate of drug-likeness (QED) is 0.156. The molecule has 9 heteroatoms. The number of carbonyl (C=O) groups is 2. The standard InChI is InChI=1S/C33H30N4O5/c1-18(20-9-5-3-6-10-20)16-35-29(34)28-25(33(41)42)15-24(30(38)36-17-19(2)21-11-7-4-8-12-21)26-22-13-14-23(27(26)28)32(40)37-31(22)39/h3-15,18-19H,16-17H2,1-2H3,(H2,34,35)(H,36,38)(H,41,42)(H,37,39,40). The van der Waals surface area contributed by atoms with Gasteiger partial charge in [-0.25, -0.2) is 4.79 Å².